The molecule has 0 saturated heterocycles. The molecule has 2 unspecified atom stereocenters. The van der Waals surface area contributed by atoms with E-state index in [2.05, 4.69) is 23.2 Å². The first-order chi connectivity index (χ1) is 11.8. The van der Waals surface area contributed by atoms with Crippen LogP contribution in [0.5, 0.6) is 17.2 Å². The zero-order valence-corrected chi connectivity index (χ0v) is 12.9. The Kier molecular flexibility index (Phi) is 2.82. The fourth-order valence-electron chi connectivity index (χ4n) is 3.16. The minimum Gasteiger partial charge on any atom is -0.455 e. The number of ether oxygens (including phenoxy) is 3. The predicted molar refractivity (Wildman–Crippen MR) is 89.7 cm³/mol. The molecule has 1 fully saturated rings. The predicted octanol–water partition coefficient (Wildman–Crippen LogP) is 1.57. The summed E-state index contributed by atoms with van der Waals surface area (Å²) in [6.07, 6.45) is 9.38. The molecule has 5 heteroatoms. The molecule has 2 aliphatic carbocycles. The summed E-state index contributed by atoms with van der Waals surface area (Å²) >= 11 is 0. The highest BCUT2D eigenvalue weighted by Gasteiger charge is 2.33. The van der Waals surface area contributed by atoms with Crippen molar-refractivity contribution < 1.29 is 14.2 Å². The number of benzene rings is 1. The SMILES string of the molecule is Nc1ccc(OC2=c3cc4c(c/c3=C\C3CC3C=C2)OCO4)cn1. The van der Waals surface area contributed by atoms with E-state index in [9.17, 15) is 0 Å². The smallest absolute Gasteiger partial charge is 0.231 e. The highest BCUT2D eigenvalue weighted by Crippen LogP contribution is 2.41. The van der Waals surface area contributed by atoms with Crippen LogP contribution in [0.2, 0.25) is 0 Å². The lowest BCUT2D eigenvalue weighted by molar-refractivity contribution is 0.174. The number of pyridine rings is 1. The van der Waals surface area contributed by atoms with Gasteiger partial charge in [-0.1, -0.05) is 12.2 Å². The summed E-state index contributed by atoms with van der Waals surface area (Å²) in [5, 5.41) is 2.12. The van der Waals surface area contributed by atoms with Gasteiger partial charge in [0.2, 0.25) is 6.79 Å². The summed E-state index contributed by atoms with van der Waals surface area (Å²) in [5.74, 6) is 4.63. The van der Waals surface area contributed by atoms with E-state index in [0.29, 0.717) is 23.4 Å². The van der Waals surface area contributed by atoms with Gasteiger partial charge in [0, 0.05) is 5.22 Å². The Labute approximate surface area is 138 Å². The van der Waals surface area contributed by atoms with Crippen molar-refractivity contribution in [2.75, 3.05) is 12.5 Å². The van der Waals surface area contributed by atoms with Gasteiger partial charge in [-0.05, 0) is 53.8 Å². The average molecular weight is 320 g/mol. The lowest BCUT2D eigenvalue weighted by atomic mass is 10.1. The number of fused-ring (bicyclic) bond motifs is 3. The Morgan fingerprint density at radius 3 is 2.83 bits per heavy atom. The van der Waals surface area contributed by atoms with Crippen LogP contribution in [0.15, 0.2) is 42.6 Å². The first-order valence-electron chi connectivity index (χ1n) is 8.00. The monoisotopic (exact) mass is 320 g/mol. The van der Waals surface area contributed by atoms with Crippen LogP contribution in [0, 0.1) is 11.8 Å². The van der Waals surface area contributed by atoms with Crippen molar-refractivity contribution >= 4 is 17.7 Å². The van der Waals surface area contributed by atoms with E-state index in [1.807, 2.05) is 18.2 Å². The Hall–Kier alpha value is -2.95. The third-order valence-corrected chi connectivity index (χ3v) is 4.58. The van der Waals surface area contributed by atoms with Gasteiger partial charge in [-0.2, -0.15) is 0 Å². The molecule has 2 aromatic rings. The van der Waals surface area contributed by atoms with E-state index < -0.39 is 0 Å². The number of hydrogen-bond acceptors (Lipinski definition) is 5. The molecule has 2 N–H and O–H groups in total. The van der Waals surface area contributed by atoms with E-state index in [1.54, 1.807) is 12.3 Å². The zero-order chi connectivity index (χ0) is 16.1. The second-order valence-corrected chi connectivity index (χ2v) is 6.27. The van der Waals surface area contributed by atoms with Crippen molar-refractivity contribution in [3.63, 3.8) is 0 Å². The van der Waals surface area contributed by atoms with Crippen LogP contribution in [-0.4, -0.2) is 11.8 Å². The lowest BCUT2D eigenvalue weighted by Crippen LogP contribution is -2.29. The molecule has 1 aliphatic heterocycles. The molecule has 0 spiro atoms. The summed E-state index contributed by atoms with van der Waals surface area (Å²) < 4.78 is 17.1. The molecule has 2 heterocycles. The number of allylic oxidation sites excluding steroid dienone is 1. The van der Waals surface area contributed by atoms with Gasteiger partial charge in [-0.3, -0.25) is 0 Å². The van der Waals surface area contributed by atoms with Gasteiger partial charge in [0.25, 0.3) is 0 Å². The first kappa shape index (κ1) is 13.5. The maximum atomic E-state index is 6.09. The van der Waals surface area contributed by atoms with Crippen LogP contribution in [0.25, 0.3) is 11.8 Å². The molecule has 5 nitrogen and oxygen atoms in total. The van der Waals surface area contributed by atoms with Crippen LogP contribution in [0.1, 0.15) is 6.42 Å². The molecular formula is C19H16N2O3. The summed E-state index contributed by atoms with van der Waals surface area (Å²) in [7, 11) is 0. The highest BCUT2D eigenvalue weighted by atomic mass is 16.7. The zero-order valence-electron chi connectivity index (χ0n) is 12.9. The molecule has 120 valence electrons. The van der Waals surface area contributed by atoms with Crippen molar-refractivity contribution in [2.24, 2.45) is 11.8 Å². The summed E-state index contributed by atoms with van der Waals surface area (Å²) in [5.41, 5.74) is 5.64. The fourth-order valence-corrected chi connectivity index (χ4v) is 3.16. The van der Waals surface area contributed by atoms with Crippen molar-refractivity contribution in [2.45, 2.75) is 6.42 Å². The van der Waals surface area contributed by atoms with Crippen LogP contribution in [0.4, 0.5) is 5.82 Å². The third kappa shape index (κ3) is 2.29. The molecule has 0 radical (unpaired) electrons. The highest BCUT2D eigenvalue weighted by molar-refractivity contribution is 5.59. The second kappa shape index (κ2) is 5.03. The van der Waals surface area contributed by atoms with E-state index in [0.717, 1.165) is 27.7 Å². The number of aromatic nitrogens is 1. The number of rotatable bonds is 2. The summed E-state index contributed by atoms with van der Waals surface area (Å²) in [6.45, 7) is 0.262. The van der Waals surface area contributed by atoms with Gasteiger partial charge < -0.3 is 19.9 Å². The average Bonchev–Trinajstić information content (AvgIpc) is 3.13. The molecule has 3 aliphatic rings. The summed E-state index contributed by atoms with van der Waals surface area (Å²) in [6, 6.07) is 7.57. The van der Waals surface area contributed by atoms with Gasteiger partial charge in [0.15, 0.2) is 11.5 Å². The Morgan fingerprint density at radius 2 is 2.00 bits per heavy atom. The molecule has 1 aromatic carbocycles. The Morgan fingerprint density at radius 1 is 1.12 bits per heavy atom. The van der Waals surface area contributed by atoms with Gasteiger partial charge >= 0.3 is 0 Å². The first-order valence-corrected chi connectivity index (χ1v) is 8.00. The number of anilines is 1. The van der Waals surface area contributed by atoms with Crippen molar-refractivity contribution in [3.8, 4) is 17.2 Å². The minimum absolute atomic E-state index is 0.262. The molecule has 1 aromatic heterocycles. The van der Waals surface area contributed by atoms with Crippen LogP contribution in [-0.2, 0) is 0 Å². The number of nitrogens with two attached hydrogens (primary N) is 1. The maximum Gasteiger partial charge on any atom is 0.231 e. The van der Waals surface area contributed by atoms with E-state index >= 15 is 0 Å². The van der Waals surface area contributed by atoms with E-state index in [-0.39, 0.29) is 6.79 Å². The molecule has 1 saturated carbocycles. The normalized spacial score (nSPS) is 24.2. The van der Waals surface area contributed by atoms with E-state index in [1.165, 1.54) is 6.42 Å². The number of nitrogen functional groups attached to an aromatic ring is 1. The van der Waals surface area contributed by atoms with Gasteiger partial charge in [0.05, 0.1) is 6.20 Å². The molecule has 24 heavy (non-hydrogen) atoms. The topological polar surface area (TPSA) is 66.6 Å². The second-order valence-electron chi connectivity index (χ2n) is 6.27. The van der Waals surface area contributed by atoms with Gasteiger partial charge in [0.1, 0.15) is 17.3 Å². The molecule has 0 bridgehead atoms. The maximum absolute atomic E-state index is 6.09. The fraction of sp³-hybridized carbons (Fsp3) is 0.211. The van der Waals surface area contributed by atoms with Crippen molar-refractivity contribution in [3.05, 3.63) is 53.1 Å². The lowest BCUT2D eigenvalue weighted by Gasteiger charge is -2.09. The van der Waals surface area contributed by atoms with Crippen LogP contribution < -0.4 is 30.4 Å². The molecule has 0 amide bonds. The largest absolute Gasteiger partial charge is 0.455 e. The minimum atomic E-state index is 0.262. The standard InChI is InChI=1S/C19H16N2O3/c20-19-4-2-14(9-21-19)24-16-3-1-11-5-12(11)6-13-7-17-18(8-15(13)16)23-10-22-17/h1-4,6-9,11-12H,5,10H2,(H2,20,21)/b3-1?,13-6+,16-15?. The van der Waals surface area contributed by atoms with Gasteiger partial charge in [-0.25, -0.2) is 4.98 Å². The summed E-state index contributed by atoms with van der Waals surface area (Å²) in [4.78, 5) is 4.09. The third-order valence-electron chi connectivity index (χ3n) is 4.58. The number of hydrogen-bond donors (Lipinski definition) is 1. The van der Waals surface area contributed by atoms with E-state index in [4.69, 9.17) is 19.9 Å². The Bertz CT molecular complexity index is 963. The van der Waals surface area contributed by atoms with Crippen LogP contribution in [0.3, 0.4) is 0 Å². The van der Waals surface area contributed by atoms with Gasteiger partial charge in [-0.15, -0.1) is 0 Å². The molecule has 2 atom stereocenters. The van der Waals surface area contributed by atoms with Crippen LogP contribution >= 0.6 is 0 Å². The number of nitrogens with zero attached hydrogens (tertiary/aromatic N) is 1. The molecular weight excluding hydrogens is 304 g/mol. The quantitative estimate of drug-likeness (QED) is 0.910. The molecule has 5 rings (SSSR count). The van der Waals surface area contributed by atoms with Crippen molar-refractivity contribution in [1.29, 1.82) is 0 Å². The Balaban J connectivity index is 1.69. The van der Waals surface area contributed by atoms with Crippen molar-refractivity contribution in [1.82, 2.24) is 4.98 Å².